The fraction of sp³-hybridized carbons (Fsp3) is 0.281. The third-order valence-electron chi connectivity index (χ3n) is 7.88. The number of hydrogen-bond donors (Lipinski definition) is 3. The Kier molecular flexibility index (Phi) is 7.42. The molecule has 0 atom stereocenters. The molecule has 45 heavy (non-hydrogen) atoms. The number of nitrogens with zero attached hydrogens (tertiary/aromatic N) is 7. The molecule has 0 aliphatic carbocycles. The average molecular weight is 613 g/mol. The molecular formula is C32H31F3N10. The average Bonchev–Trinajstić information content (AvgIpc) is 3.72. The third kappa shape index (κ3) is 6.08. The van der Waals surface area contributed by atoms with E-state index in [-0.39, 0.29) is 18.8 Å². The number of hydrogen-bond acceptors (Lipinski definition) is 8. The summed E-state index contributed by atoms with van der Waals surface area (Å²) in [6, 6.07) is 10.4. The second-order valence-electron chi connectivity index (χ2n) is 11.7. The van der Waals surface area contributed by atoms with Crippen molar-refractivity contribution in [3.05, 3.63) is 72.6 Å². The van der Waals surface area contributed by atoms with Gasteiger partial charge in [-0.2, -0.15) is 5.10 Å². The number of imidazole rings is 1. The lowest BCUT2D eigenvalue weighted by molar-refractivity contribution is 0.0115. The van der Waals surface area contributed by atoms with Crippen LogP contribution in [0, 0.1) is 5.82 Å². The molecular weight excluding hydrogens is 581 g/mol. The maximum absolute atomic E-state index is 14.7. The van der Waals surface area contributed by atoms with Crippen molar-refractivity contribution in [1.29, 1.82) is 0 Å². The summed E-state index contributed by atoms with van der Waals surface area (Å²) in [7, 11) is 3.97. The molecule has 0 saturated carbocycles. The van der Waals surface area contributed by atoms with E-state index in [0.717, 1.165) is 34.1 Å². The molecule has 0 amide bonds. The molecule has 230 valence electrons. The van der Waals surface area contributed by atoms with Crippen molar-refractivity contribution in [2.45, 2.75) is 18.9 Å². The Morgan fingerprint density at radius 2 is 1.89 bits per heavy atom. The van der Waals surface area contributed by atoms with Crippen LogP contribution in [0.1, 0.15) is 12.0 Å². The Hall–Kier alpha value is -4.88. The minimum atomic E-state index is -2.65. The molecule has 0 unspecified atom stereocenters. The minimum Gasteiger partial charge on any atom is -0.384 e. The molecule has 6 aromatic rings. The number of halogens is 3. The van der Waals surface area contributed by atoms with Crippen LogP contribution in [0.3, 0.4) is 0 Å². The summed E-state index contributed by atoms with van der Waals surface area (Å²) in [5.41, 5.74) is 6.72. The van der Waals surface area contributed by atoms with E-state index in [1.54, 1.807) is 29.7 Å². The van der Waals surface area contributed by atoms with E-state index in [9.17, 15) is 13.2 Å². The summed E-state index contributed by atoms with van der Waals surface area (Å²) in [6.45, 7) is 1.97. The predicted molar refractivity (Wildman–Crippen MR) is 167 cm³/mol. The van der Waals surface area contributed by atoms with E-state index in [0.29, 0.717) is 59.3 Å². The van der Waals surface area contributed by atoms with Crippen LogP contribution in [0.4, 0.5) is 18.9 Å². The normalized spacial score (nSPS) is 15.1. The first-order valence-electron chi connectivity index (χ1n) is 14.6. The summed E-state index contributed by atoms with van der Waals surface area (Å²) in [4.78, 5) is 25.5. The minimum absolute atomic E-state index is 0.126. The van der Waals surface area contributed by atoms with Gasteiger partial charge in [-0.25, -0.2) is 18.2 Å². The van der Waals surface area contributed by atoms with Crippen molar-refractivity contribution in [2.75, 3.05) is 45.6 Å². The van der Waals surface area contributed by atoms with Crippen molar-refractivity contribution in [1.82, 2.24) is 44.9 Å². The highest BCUT2D eigenvalue weighted by Gasteiger charge is 2.37. The zero-order chi connectivity index (χ0) is 31.1. The van der Waals surface area contributed by atoms with Crippen LogP contribution >= 0.6 is 0 Å². The van der Waals surface area contributed by atoms with Gasteiger partial charge in [0.2, 0.25) is 0 Å². The molecule has 7 rings (SSSR count). The van der Waals surface area contributed by atoms with Crippen LogP contribution in [0.2, 0.25) is 0 Å². The Morgan fingerprint density at radius 3 is 2.71 bits per heavy atom. The third-order valence-corrected chi connectivity index (χ3v) is 7.88. The summed E-state index contributed by atoms with van der Waals surface area (Å²) >= 11 is 0. The number of H-pyrrole nitrogens is 2. The first-order chi connectivity index (χ1) is 21.7. The topological polar surface area (TPSA) is 115 Å². The van der Waals surface area contributed by atoms with Crippen LogP contribution in [-0.4, -0.2) is 91.1 Å². The standard InChI is InChI=1S/C32H31F3N10/c1-44(2)8-6-37-23-11-20(10-22(33)12-23)28-30-25(3-5-38-28)40-31(41-30)29-24-13-26(39-16-27(24)42-43-29)21-9-19(14-36-15-21)17-45-7-4-32(34,35)18-45/h3,5,9-16,37H,4,6-8,17-18H2,1-2H3,(H,40,41)(H,42,43). The number of likely N-dealkylation sites (N-methyl/N-ethyl adjacent to an activating group) is 1. The monoisotopic (exact) mass is 612 g/mol. The van der Waals surface area contributed by atoms with Gasteiger partial charge in [0, 0.05) is 73.4 Å². The molecule has 1 aromatic carbocycles. The van der Waals surface area contributed by atoms with Crippen LogP contribution in [0.5, 0.6) is 0 Å². The van der Waals surface area contributed by atoms with Gasteiger partial charge in [0.05, 0.1) is 35.2 Å². The van der Waals surface area contributed by atoms with Gasteiger partial charge in [-0.15, -0.1) is 0 Å². The molecule has 10 nitrogen and oxygen atoms in total. The number of rotatable bonds is 9. The molecule has 0 bridgehead atoms. The molecule has 1 aliphatic heterocycles. The predicted octanol–water partition coefficient (Wildman–Crippen LogP) is 5.58. The summed E-state index contributed by atoms with van der Waals surface area (Å²) in [6.07, 6.45) is 6.64. The number of nitrogens with one attached hydrogen (secondary N) is 3. The van der Waals surface area contributed by atoms with Gasteiger partial charge >= 0.3 is 0 Å². The van der Waals surface area contributed by atoms with Crippen molar-refractivity contribution < 1.29 is 13.2 Å². The van der Waals surface area contributed by atoms with E-state index in [1.165, 1.54) is 12.1 Å². The number of alkyl halides is 2. The van der Waals surface area contributed by atoms with Crippen LogP contribution in [-0.2, 0) is 6.54 Å². The number of anilines is 1. The lowest BCUT2D eigenvalue weighted by atomic mass is 10.1. The highest BCUT2D eigenvalue weighted by molar-refractivity contribution is 5.97. The van der Waals surface area contributed by atoms with Gasteiger partial charge in [0.1, 0.15) is 17.0 Å². The van der Waals surface area contributed by atoms with Crippen LogP contribution < -0.4 is 5.32 Å². The zero-order valence-corrected chi connectivity index (χ0v) is 24.8. The highest BCUT2D eigenvalue weighted by Crippen LogP contribution is 2.33. The fourth-order valence-electron chi connectivity index (χ4n) is 5.68. The number of pyridine rings is 3. The molecule has 5 aromatic heterocycles. The Bertz CT molecular complexity index is 2000. The quantitative estimate of drug-likeness (QED) is 0.194. The SMILES string of the molecule is CN(C)CCNc1cc(F)cc(-c2nccc3[nH]c(-c4n[nH]c5cnc(-c6cncc(CN7CCC(F)(F)C7)c6)cc45)nc23)c1. The van der Waals surface area contributed by atoms with Gasteiger partial charge in [0.25, 0.3) is 5.92 Å². The van der Waals surface area contributed by atoms with Crippen molar-refractivity contribution in [2.24, 2.45) is 0 Å². The van der Waals surface area contributed by atoms with Gasteiger partial charge < -0.3 is 15.2 Å². The smallest absolute Gasteiger partial charge is 0.261 e. The van der Waals surface area contributed by atoms with Crippen molar-refractivity contribution in [3.8, 4) is 34.0 Å². The first kappa shape index (κ1) is 28.9. The summed E-state index contributed by atoms with van der Waals surface area (Å²) in [5.74, 6) is -2.50. The lowest BCUT2D eigenvalue weighted by Gasteiger charge is -2.15. The van der Waals surface area contributed by atoms with Crippen LogP contribution in [0.15, 0.2) is 61.2 Å². The number of aromatic nitrogens is 7. The second kappa shape index (κ2) is 11.6. The Balaban J connectivity index is 1.20. The van der Waals surface area contributed by atoms with E-state index in [2.05, 4.69) is 35.5 Å². The van der Waals surface area contributed by atoms with Gasteiger partial charge in [-0.1, -0.05) is 0 Å². The Labute approximate surface area is 256 Å². The molecule has 0 radical (unpaired) electrons. The molecule has 0 spiro atoms. The molecule has 6 heterocycles. The number of aromatic amines is 2. The zero-order valence-electron chi connectivity index (χ0n) is 24.8. The van der Waals surface area contributed by atoms with E-state index in [4.69, 9.17) is 4.98 Å². The maximum atomic E-state index is 14.7. The fourth-order valence-corrected chi connectivity index (χ4v) is 5.68. The maximum Gasteiger partial charge on any atom is 0.261 e. The number of likely N-dealkylation sites (tertiary alicyclic amines) is 1. The lowest BCUT2D eigenvalue weighted by Crippen LogP contribution is -2.24. The van der Waals surface area contributed by atoms with Gasteiger partial charge in [-0.05, 0) is 56.1 Å². The van der Waals surface area contributed by atoms with E-state index < -0.39 is 5.92 Å². The summed E-state index contributed by atoms with van der Waals surface area (Å²) < 4.78 is 42.1. The van der Waals surface area contributed by atoms with Gasteiger partial charge in [-0.3, -0.25) is 25.0 Å². The van der Waals surface area contributed by atoms with E-state index >= 15 is 0 Å². The van der Waals surface area contributed by atoms with Crippen molar-refractivity contribution in [3.63, 3.8) is 0 Å². The summed E-state index contributed by atoms with van der Waals surface area (Å²) in [5, 5.41) is 11.6. The molecule has 1 aliphatic rings. The number of fused-ring (bicyclic) bond motifs is 2. The largest absolute Gasteiger partial charge is 0.384 e. The van der Waals surface area contributed by atoms with E-state index in [1.807, 2.05) is 43.3 Å². The van der Waals surface area contributed by atoms with Crippen molar-refractivity contribution >= 4 is 27.6 Å². The number of benzene rings is 1. The second-order valence-corrected chi connectivity index (χ2v) is 11.7. The van der Waals surface area contributed by atoms with Gasteiger partial charge in [0.15, 0.2) is 5.82 Å². The first-order valence-corrected chi connectivity index (χ1v) is 14.6. The molecule has 13 heteroatoms. The molecule has 1 fully saturated rings. The molecule has 3 N–H and O–H groups in total. The molecule has 1 saturated heterocycles. The Morgan fingerprint density at radius 1 is 1.00 bits per heavy atom. The highest BCUT2D eigenvalue weighted by atomic mass is 19.3. The van der Waals surface area contributed by atoms with Crippen LogP contribution in [0.25, 0.3) is 56.0 Å².